The first-order chi connectivity index (χ1) is 13.5. The van der Waals surface area contributed by atoms with Crippen molar-refractivity contribution in [1.29, 1.82) is 0 Å². The Kier molecular flexibility index (Phi) is 11.1. The van der Waals surface area contributed by atoms with Crippen molar-refractivity contribution in [1.82, 2.24) is 4.90 Å². The van der Waals surface area contributed by atoms with Gasteiger partial charge in [0.05, 0.1) is 19.3 Å². The second-order valence-electron chi connectivity index (χ2n) is 10.2. The van der Waals surface area contributed by atoms with Crippen LogP contribution in [-0.2, 0) is 18.7 Å². The summed E-state index contributed by atoms with van der Waals surface area (Å²) in [6.45, 7) is 22.9. The van der Waals surface area contributed by atoms with E-state index < -0.39 is 32.0 Å². The Bertz CT molecular complexity index is 622. The Labute approximate surface area is 184 Å². The number of hydrogen-bond donors (Lipinski definition) is 0. The highest BCUT2D eigenvalue weighted by Gasteiger charge is 2.38. The quantitative estimate of drug-likeness (QED) is 0.199. The summed E-state index contributed by atoms with van der Waals surface area (Å²) in [5.41, 5.74) is 0.456. The van der Waals surface area contributed by atoms with Crippen molar-refractivity contribution in [2.75, 3.05) is 19.8 Å². The Morgan fingerprint density at radius 2 is 1.63 bits per heavy atom. The molecule has 0 rings (SSSR count). The van der Waals surface area contributed by atoms with Crippen LogP contribution in [0, 0.1) is 0 Å². The molecule has 0 heterocycles. The van der Waals surface area contributed by atoms with E-state index in [4.69, 9.17) is 13.9 Å². The molecule has 0 aromatic carbocycles. The molecule has 0 aliphatic heterocycles. The largest absolute Gasteiger partial charge is 0.463 e. The first-order valence-corrected chi connectivity index (χ1v) is 13.5. The first kappa shape index (κ1) is 28.4. The number of carbonyl (C=O) groups excluding carboxylic acids is 2. The molecule has 0 N–H and O–H groups in total. The van der Waals surface area contributed by atoms with Gasteiger partial charge in [0, 0.05) is 12.6 Å². The molecule has 0 bridgehead atoms. The summed E-state index contributed by atoms with van der Waals surface area (Å²) in [6.07, 6.45) is 4.55. The third-order valence-electron chi connectivity index (χ3n) is 4.89. The maximum atomic E-state index is 13.0. The van der Waals surface area contributed by atoms with Crippen LogP contribution in [-0.4, -0.2) is 56.7 Å². The minimum atomic E-state index is -2.06. The van der Waals surface area contributed by atoms with Gasteiger partial charge in [0.15, 0.2) is 8.32 Å². The van der Waals surface area contributed by atoms with E-state index in [1.165, 1.54) is 6.08 Å². The maximum absolute atomic E-state index is 13.0. The van der Waals surface area contributed by atoms with E-state index in [-0.39, 0.29) is 11.6 Å². The van der Waals surface area contributed by atoms with Gasteiger partial charge >= 0.3 is 12.1 Å². The lowest BCUT2D eigenvalue weighted by Gasteiger charge is -2.39. The van der Waals surface area contributed by atoms with Crippen LogP contribution in [0.2, 0.25) is 18.1 Å². The molecule has 0 radical (unpaired) electrons. The van der Waals surface area contributed by atoms with Crippen LogP contribution in [0.1, 0.15) is 62.3 Å². The molecule has 30 heavy (non-hydrogen) atoms. The van der Waals surface area contributed by atoms with Crippen LogP contribution in [0.4, 0.5) is 4.79 Å². The SMILES string of the molecule is CCOC(=O)/C=C/[C@@H](CO[Si](C)(C)C(C)(C)C)N(CC=C(C)C)C(=O)OC(C)(C)C. The molecule has 1 amide bonds. The maximum Gasteiger partial charge on any atom is 0.411 e. The zero-order chi connectivity index (χ0) is 23.8. The van der Waals surface area contributed by atoms with Crippen molar-refractivity contribution in [2.45, 2.75) is 92.1 Å². The minimum Gasteiger partial charge on any atom is -0.463 e. The Hall–Kier alpha value is -1.60. The lowest BCUT2D eigenvalue weighted by molar-refractivity contribution is -0.137. The summed E-state index contributed by atoms with van der Waals surface area (Å²) >= 11 is 0. The molecule has 0 aromatic heterocycles. The Morgan fingerprint density at radius 1 is 1.07 bits per heavy atom. The third kappa shape index (κ3) is 11.0. The van der Waals surface area contributed by atoms with E-state index in [0.29, 0.717) is 13.2 Å². The molecule has 0 spiro atoms. The van der Waals surface area contributed by atoms with Gasteiger partial charge in [0.25, 0.3) is 0 Å². The average molecular weight is 442 g/mol. The van der Waals surface area contributed by atoms with E-state index in [1.54, 1.807) is 17.9 Å². The second-order valence-corrected chi connectivity index (χ2v) is 15.0. The highest BCUT2D eigenvalue weighted by atomic mass is 28.4. The fourth-order valence-electron chi connectivity index (χ4n) is 2.09. The fourth-order valence-corrected chi connectivity index (χ4v) is 3.11. The highest BCUT2D eigenvalue weighted by molar-refractivity contribution is 6.74. The molecule has 7 heteroatoms. The van der Waals surface area contributed by atoms with E-state index in [9.17, 15) is 9.59 Å². The van der Waals surface area contributed by atoms with Gasteiger partial charge < -0.3 is 13.9 Å². The zero-order valence-corrected chi connectivity index (χ0v) is 21.9. The molecule has 0 aromatic rings. The zero-order valence-electron chi connectivity index (χ0n) is 20.9. The lowest BCUT2D eigenvalue weighted by Crippen LogP contribution is -2.48. The normalized spacial score (nSPS) is 13.7. The molecule has 0 fully saturated rings. The van der Waals surface area contributed by atoms with Crippen molar-refractivity contribution in [2.24, 2.45) is 0 Å². The van der Waals surface area contributed by atoms with E-state index in [2.05, 4.69) is 33.9 Å². The van der Waals surface area contributed by atoms with E-state index in [0.717, 1.165) is 5.57 Å². The summed E-state index contributed by atoms with van der Waals surface area (Å²) in [5, 5.41) is 0.0268. The predicted octanol–water partition coefficient (Wildman–Crippen LogP) is 5.70. The Morgan fingerprint density at radius 3 is 2.07 bits per heavy atom. The lowest BCUT2D eigenvalue weighted by atomic mass is 10.2. The molecule has 0 saturated carbocycles. The summed E-state index contributed by atoms with van der Waals surface area (Å²) in [5.74, 6) is -0.443. The smallest absolute Gasteiger partial charge is 0.411 e. The topological polar surface area (TPSA) is 65.1 Å². The molecule has 174 valence electrons. The van der Waals surface area contributed by atoms with Gasteiger partial charge in [-0.2, -0.15) is 0 Å². The number of carbonyl (C=O) groups is 2. The van der Waals surface area contributed by atoms with Crippen LogP contribution in [0.15, 0.2) is 23.8 Å². The molecule has 0 aliphatic carbocycles. The number of amides is 1. The number of esters is 1. The van der Waals surface area contributed by atoms with Crippen LogP contribution >= 0.6 is 0 Å². The summed E-state index contributed by atoms with van der Waals surface area (Å²) in [7, 11) is -2.06. The van der Waals surface area contributed by atoms with Gasteiger partial charge in [0.1, 0.15) is 5.60 Å². The molecular weight excluding hydrogens is 398 g/mol. The molecule has 0 unspecified atom stereocenters. The van der Waals surface area contributed by atoms with Gasteiger partial charge in [-0.3, -0.25) is 4.90 Å². The Balaban J connectivity index is 5.90. The third-order valence-corrected chi connectivity index (χ3v) is 9.39. The van der Waals surface area contributed by atoms with Crippen molar-refractivity contribution in [3.8, 4) is 0 Å². The van der Waals surface area contributed by atoms with Gasteiger partial charge in [-0.25, -0.2) is 9.59 Å². The minimum absolute atomic E-state index is 0.0268. The van der Waals surface area contributed by atoms with Crippen LogP contribution in [0.5, 0.6) is 0 Å². The summed E-state index contributed by atoms with van der Waals surface area (Å²) < 4.78 is 17.0. The predicted molar refractivity (Wildman–Crippen MR) is 125 cm³/mol. The van der Waals surface area contributed by atoms with Crippen molar-refractivity contribution in [3.05, 3.63) is 23.8 Å². The van der Waals surface area contributed by atoms with Gasteiger partial charge in [-0.15, -0.1) is 0 Å². The fraction of sp³-hybridized carbons (Fsp3) is 0.739. The van der Waals surface area contributed by atoms with Crippen LogP contribution in [0.25, 0.3) is 0 Å². The first-order valence-electron chi connectivity index (χ1n) is 10.6. The van der Waals surface area contributed by atoms with Crippen molar-refractivity contribution in [3.63, 3.8) is 0 Å². The average Bonchev–Trinajstić information content (AvgIpc) is 2.53. The number of hydrogen-bond acceptors (Lipinski definition) is 5. The summed E-state index contributed by atoms with van der Waals surface area (Å²) in [6, 6.07) is -0.464. The molecule has 6 nitrogen and oxygen atoms in total. The summed E-state index contributed by atoms with van der Waals surface area (Å²) in [4.78, 5) is 26.5. The number of allylic oxidation sites excluding steroid dienone is 1. The second kappa shape index (κ2) is 11.7. The number of nitrogens with zero attached hydrogens (tertiary/aromatic N) is 1. The van der Waals surface area contributed by atoms with E-state index >= 15 is 0 Å². The van der Waals surface area contributed by atoms with Crippen molar-refractivity contribution >= 4 is 20.4 Å². The number of rotatable bonds is 9. The van der Waals surface area contributed by atoms with E-state index in [1.807, 2.05) is 40.7 Å². The highest BCUT2D eigenvalue weighted by Crippen LogP contribution is 2.36. The van der Waals surface area contributed by atoms with Crippen molar-refractivity contribution < 1.29 is 23.5 Å². The number of ether oxygens (including phenoxy) is 2. The molecular formula is C23H43NO5Si. The van der Waals surface area contributed by atoms with Gasteiger partial charge in [-0.05, 0) is 59.7 Å². The standard InChI is InChI=1S/C23H43NO5Si/c1-12-27-20(25)14-13-19(17-28-30(10,11)23(7,8)9)24(16-15-18(2)3)21(26)29-22(4,5)6/h13-15,19H,12,16-17H2,1-11H3/b14-13+/t19-/m0/s1. The monoisotopic (exact) mass is 441 g/mol. The molecule has 0 aliphatic rings. The molecule has 0 saturated heterocycles. The van der Waals surface area contributed by atoms with Gasteiger partial charge in [0.2, 0.25) is 0 Å². The molecule has 1 atom stereocenters. The van der Waals surface area contributed by atoms with Crippen LogP contribution in [0.3, 0.4) is 0 Å². The van der Waals surface area contributed by atoms with Gasteiger partial charge in [-0.1, -0.05) is 38.5 Å². The van der Waals surface area contributed by atoms with Crippen LogP contribution < -0.4 is 0 Å².